The summed E-state index contributed by atoms with van der Waals surface area (Å²) in [6.07, 6.45) is -0.949. The molecule has 0 saturated heterocycles. The summed E-state index contributed by atoms with van der Waals surface area (Å²) < 4.78 is 0. The van der Waals surface area contributed by atoms with Crippen LogP contribution in [0, 0.1) is 0 Å². The Kier molecular flexibility index (Phi) is 4.59. The molecule has 0 saturated carbocycles. The first-order chi connectivity index (χ1) is 8.34. The molecule has 0 aliphatic heterocycles. The Morgan fingerprint density at radius 1 is 1.44 bits per heavy atom. The first-order valence-corrected chi connectivity index (χ1v) is 6.22. The normalized spacial score (nSPS) is 14.3. The van der Waals surface area contributed by atoms with Crippen LogP contribution in [0.15, 0.2) is 24.3 Å². The molecule has 0 radical (unpaired) electrons. The molecule has 0 bridgehead atoms. The number of halogens is 1. The first kappa shape index (κ1) is 14.8. The monoisotopic (exact) mass is 271 g/mol. The van der Waals surface area contributed by atoms with Gasteiger partial charge in [-0.3, -0.25) is 4.90 Å². The number of nitrogens with zero attached hydrogens (tertiary/aromatic N) is 1. The van der Waals surface area contributed by atoms with Crippen LogP contribution in [-0.2, 0) is 5.72 Å². The Morgan fingerprint density at radius 2 is 2.00 bits per heavy atom. The van der Waals surface area contributed by atoms with Gasteiger partial charge in [-0.1, -0.05) is 36.7 Å². The quantitative estimate of drug-likeness (QED) is 0.826. The molecule has 0 heterocycles. The van der Waals surface area contributed by atoms with Gasteiger partial charge < -0.3 is 10.2 Å². The van der Waals surface area contributed by atoms with Gasteiger partial charge in [0.25, 0.3) is 0 Å². The van der Waals surface area contributed by atoms with Crippen LogP contribution in [0.1, 0.15) is 32.8 Å². The first-order valence-electron chi connectivity index (χ1n) is 5.84. The Morgan fingerprint density at radius 3 is 2.39 bits per heavy atom. The van der Waals surface area contributed by atoms with E-state index in [1.807, 2.05) is 0 Å². The fourth-order valence-electron chi connectivity index (χ4n) is 2.08. The SMILES string of the molecule is CC[C@@](O)(c1ccccc1Cl)N(C(=O)O)C(C)C. The summed E-state index contributed by atoms with van der Waals surface area (Å²) in [5.74, 6) is 0. The van der Waals surface area contributed by atoms with Crippen LogP contribution in [-0.4, -0.2) is 27.2 Å². The van der Waals surface area contributed by atoms with Crippen molar-refractivity contribution < 1.29 is 15.0 Å². The van der Waals surface area contributed by atoms with Crippen LogP contribution < -0.4 is 0 Å². The van der Waals surface area contributed by atoms with Gasteiger partial charge in [-0.05, 0) is 26.3 Å². The Bertz CT molecular complexity index is 436. The lowest BCUT2D eigenvalue weighted by molar-refractivity contribution is -0.114. The van der Waals surface area contributed by atoms with Crippen LogP contribution in [0.5, 0.6) is 0 Å². The molecular formula is C13H18ClNO3. The maximum Gasteiger partial charge on any atom is 0.410 e. The fourth-order valence-corrected chi connectivity index (χ4v) is 2.37. The number of carbonyl (C=O) groups is 1. The molecule has 0 aromatic heterocycles. The standard InChI is InChI=1S/C13H18ClNO3/c1-4-13(18,15(9(2)3)12(16)17)10-7-5-6-8-11(10)14/h5-9,18H,4H2,1-3H3,(H,16,17)/t13-/m1/s1. The maximum absolute atomic E-state index is 11.4. The molecule has 0 fully saturated rings. The molecule has 100 valence electrons. The minimum absolute atomic E-state index is 0.223. The summed E-state index contributed by atoms with van der Waals surface area (Å²) in [6.45, 7) is 5.15. The number of benzene rings is 1. The van der Waals surface area contributed by atoms with Crippen molar-refractivity contribution in [3.8, 4) is 0 Å². The third-order valence-corrected chi connectivity index (χ3v) is 3.25. The largest absolute Gasteiger partial charge is 0.465 e. The molecule has 0 spiro atoms. The Balaban J connectivity index is 3.36. The molecule has 1 aromatic carbocycles. The van der Waals surface area contributed by atoms with E-state index in [0.717, 1.165) is 4.90 Å². The average Bonchev–Trinajstić information content (AvgIpc) is 2.28. The Labute approximate surface area is 112 Å². The smallest absolute Gasteiger partial charge is 0.410 e. The minimum Gasteiger partial charge on any atom is -0.465 e. The van der Waals surface area contributed by atoms with E-state index in [0.29, 0.717) is 10.6 Å². The number of hydrogen-bond donors (Lipinski definition) is 2. The van der Waals surface area contributed by atoms with E-state index in [1.54, 1.807) is 45.0 Å². The van der Waals surface area contributed by atoms with Crippen molar-refractivity contribution in [3.63, 3.8) is 0 Å². The van der Waals surface area contributed by atoms with Gasteiger partial charge in [0.15, 0.2) is 5.72 Å². The lowest BCUT2D eigenvalue weighted by Crippen LogP contribution is -2.52. The highest BCUT2D eigenvalue weighted by Gasteiger charge is 2.40. The van der Waals surface area contributed by atoms with Crippen LogP contribution in [0.2, 0.25) is 5.02 Å². The van der Waals surface area contributed by atoms with E-state index in [-0.39, 0.29) is 12.5 Å². The van der Waals surface area contributed by atoms with E-state index >= 15 is 0 Å². The zero-order valence-electron chi connectivity index (χ0n) is 10.7. The van der Waals surface area contributed by atoms with Gasteiger partial charge in [0, 0.05) is 16.6 Å². The van der Waals surface area contributed by atoms with Crippen molar-refractivity contribution in [1.29, 1.82) is 0 Å². The Hall–Kier alpha value is -1.26. The summed E-state index contributed by atoms with van der Waals surface area (Å²) in [6, 6.07) is 6.39. The van der Waals surface area contributed by atoms with Gasteiger partial charge in [0.05, 0.1) is 0 Å². The summed E-state index contributed by atoms with van der Waals surface area (Å²) in [7, 11) is 0. The molecule has 5 heteroatoms. The van der Waals surface area contributed by atoms with E-state index in [2.05, 4.69) is 0 Å². The highest BCUT2D eigenvalue weighted by molar-refractivity contribution is 6.31. The van der Waals surface area contributed by atoms with Crippen LogP contribution in [0.4, 0.5) is 4.79 Å². The molecule has 1 amide bonds. The molecule has 1 aromatic rings. The lowest BCUT2D eigenvalue weighted by Gasteiger charge is -2.40. The highest BCUT2D eigenvalue weighted by atomic mass is 35.5. The molecule has 0 unspecified atom stereocenters. The molecule has 0 aliphatic rings. The minimum atomic E-state index is -1.61. The van der Waals surface area contributed by atoms with Gasteiger partial charge in [-0.2, -0.15) is 0 Å². The second kappa shape index (κ2) is 5.59. The second-order valence-corrected chi connectivity index (χ2v) is 4.80. The van der Waals surface area contributed by atoms with E-state index in [9.17, 15) is 15.0 Å². The average molecular weight is 272 g/mol. The molecular weight excluding hydrogens is 254 g/mol. The number of amides is 1. The molecule has 18 heavy (non-hydrogen) atoms. The van der Waals surface area contributed by atoms with Gasteiger partial charge in [0.1, 0.15) is 0 Å². The summed E-state index contributed by atoms with van der Waals surface area (Å²) in [5, 5.41) is 20.4. The molecule has 1 atom stereocenters. The fraction of sp³-hybridized carbons (Fsp3) is 0.462. The molecule has 0 aliphatic carbocycles. The van der Waals surface area contributed by atoms with Crippen molar-refractivity contribution in [2.45, 2.75) is 39.0 Å². The number of hydrogen-bond acceptors (Lipinski definition) is 2. The second-order valence-electron chi connectivity index (χ2n) is 4.40. The molecule has 2 N–H and O–H groups in total. The zero-order chi connectivity index (χ0) is 13.9. The van der Waals surface area contributed by atoms with E-state index in [1.165, 1.54) is 0 Å². The van der Waals surface area contributed by atoms with Crippen LogP contribution >= 0.6 is 11.6 Å². The van der Waals surface area contributed by atoms with Crippen LogP contribution in [0.3, 0.4) is 0 Å². The van der Waals surface area contributed by atoms with Gasteiger partial charge in [-0.15, -0.1) is 0 Å². The van der Waals surface area contributed by atoms with Crippen molar-refractivity contribution in [3.05, 3.63) is 34.9 Å². The number of rotatable bonds is 4. The predicted octanol–water partition coefficient (Wildman–Crippen LogP) is 3.28. The topological polar surface area (TPSA) is 60.8 Å². The maximum atomic E-state index is 11.4. The third kappa shape index (κ3) is 2.60. The van der Waals surface area contributed by atoms with Crippen molar-refractivity contribution in [2.24, 2.45) is 0 Å². The number of carboxylic acid groups (broad SMARTS) is 1. The van der Waals surface area contributed by atoms with Crippen LogP contribution in [0.25, 0.3) is 0 Å². The highest BCUT2D eigenvalue weighted by Crippen LogP contribution is 2.35. The van der Waals surface area contributed by atoms with E-state index in [4.69, 9.17) is 11.6 Å². The summed E-state index contributed by atoms with van der Waals surface area (Å²) in [4.78, 5) is 12.4. The van der Waals surface area contributed by atoms with Crippen molar-refractivity contribution in [1.82, 2.24) is 4.90 Å². The van der Waals surface area contributed by atoms with Gasteiger partial charge in [0.2, 0.25) is 0 Å². The van der Waals surface area contributed by atoms with E-state index < -0.39 is 11.8 Å². The zero-order valence-corrected chi connectivity index (χ0v) is 11.5. The summed E-state index contributed by atoms with van der Waals surface area (Å²) >= 11 is 6.06. The number of aliphatic hydroxyl groups is 1. The van der Waals surface area contributed by atoms with Gasteiger partial charge in [-0.25, -0.2) is 4.79 Å². The van der Waals surface area contributed by atoms with Crippen molar-refractivity contribution >= 4 is 17.7 Å². The predicted molar refractivity (Wildman–Crippen MR) is 70.6 cm³/mol. The van der Waals surface area contributed by atoms with Gasteiger partial charge >= 0.3 is 6.09 Å². The third-order valence-electron chi connectivity index (χ3n) is 2.92. The molecule has 1 rings (SSSR count). The van der Waals surface area contributed by atoms with Crippen molar-refractivity contribution in [2.75, 3.05) is 0 Å². The molecule has 4 nitrogen and oxygen atoms in total. The lowest BCUT2D eigenvalue weighted by atomic mass is 9.97. The summed E-state index contributed by atoms with van der Waals surface area (Å²) in [5.41, 5.74) is -1.21.